The summed E-state index contributed by atoms with van der Waals surface area (Å²) in [5.41, 5.74) is 0.907. The van der Waals surface area contributed by atoms with Crippen molar-refractivity contribution in [1.29, 1.82) is 0 Å². The summed E-state index contributed by atoms with van der Waals surface area (Å²) in [7, 11) is 0. The van der Waals surface area contributed by atoms with E-state index in [4.69, 9.17) is 4.74 Å². The van der Waals surface area contributed by atoms with E-state index in [1.54, 1.807) is 24.3 Å². The largest absolute Gasteiger partial charge is 0.379 e. The molecule has 2 aromatic carbocycles. The number of nitrogens with zero attached hydrogens (tertiary/aromatic N) is 1. The molecular formula is C18H16F3NO2. The molecule has 3 rings (SSSR count). The van der Waals surface area contributed by atoms with Gasteiger partial charge in [-0.15, -0.1) is 0 Å². The Labute approximate surface area is 137 Å². The number of benzene rings is 2. The minimum atomic E-state index is -1.58. The van der Waals surface area contributed by atoms with Gasteiger partial charge < -0.3 is 4.74 Å². The molecule has 0 radical (unpaired) electrons. The van der Waals surface area contributed by atoms with Gasteiger partial charge in [0.25, 0.3) is 0 Å². The number of halogens is 3. The summed E-state index contributed by atoms with van der Waals surface area (Å²) in [4.78, 5) is 14.8. The van der Waals surface area contributed by atoms with Crippen LogP contribution in [-0.2, 0) is 11.3 Å². The highest BCUT2D eigenvalue weighted by Gasteiger charge is 2.20. The van der Waals surface area contributed by atoms with Crippen LogP contribution in [-0.4, -0.2) is 37.0 Å². The quantitative estimate of drug-likeness (QED) is 0.635. The molecule has 0 bridgehead atoms. The number of ketones is 1. The van der Waals surface area contributed by atoms with Crippen molar-refractivity contribution in [2.24, 2.45) is 0 Å². The lowest BCUT2D eigenvalue weighted by Crippen LogP contribution is -2.36. The Hall–Kier alpha value is -2.18. The van der Waals surface area contributed by atoms with E-state index in [9.17, 15) is 18.0 Å². The van der Waals surface area contributed by atoms with Gasteiger partial charge in [0.05, 0.1) is 13.2 Å². The standard InChI is InChI=1S/C18H16F3NO2/c19-15-9-13(10-16(20)17(15)21)18(23)14-4-2-1-3-12(14)11-22-5-7-24-8-6-22/h1-4,9-10H,5-8,11H2. The number of hydrogen-bond donors (Lipinski definition) is 0. The second kappa shape index (κ2) is 7.15. The van der Waals surface area contributed by atoms with E-state index in [1.807, 2.05) is 0 Å². The van der Waals surface area contributed by atoms with Crippen LogP contribution >= 0.6 is 0 Å². The van der Waals surface area contributed by atoms with Gasteiger partial charge in [0, 0.05) is 30.8 Å². The van der Waals surface area contributed by atoms with E-state index in [-0.39, 0.29) is 5.56 Å². The summed E-state index contributed by atoms with van der Waals surface area (Å²) in [6, 6.07) is 8.36. The molecule has 0 atom stereocenters. The average molecular weight is 335 g/mol. The first kappa shape index (κ1) is 16.7. The summed E-state index contributed by atoms with van der Waals surface area (Å²) >= 11 is 0. The second-order valence-corrected chi connectivity index (χ2v) is 5.63. The maximum absolute atomic E-state index is 13.4. The molecule has 0 unspecified atom stereocenters. The van der Waals surface area contributed by atoms with Gasteiger partial charge in [0.15, 0.2) is 23.2 Å². The highest BCUT2D eigenvalue weighted by Crippen LogP contribution is 2.20. The molecule has 0 saturated carbocycles. The van der Waals surface area contributed by atoms with Crippen LogP contribution in [0.5, 0.6) is 0 Å². The fraction of sp³-hybridized carbons (Fsp3) is 0.278. The lowest BCUT2D eigenvalue weighted by Gasteiger charge is -2.27. The maximum atomic E-state index is 13.4. The molecule has 0 N–H and O–H groups in total. The molecule has 1 fully saturated rings. The Morgan fingerprint density at radius 3 is 2.33 bits per heavy atom. The first-order valence-corrected chi connectivity index (χ1v) is 7.63. The molecule has 6 heteroatoms. The Kier molecular flexibility index (Phi) is 4.97. The van der Waals surface area contributed by atoms with Crippen molar-refractivity contribution in [3.8, 4) is 0 Å². The predicted octanol–water partition coefficient (Wildman–Crippen LogP) is 3.17. The molecule has 0 amide bonds. The minimum Gasteiger partial charge on any atom is -0.379 e. The van der Waals surface area contributed by atoms with E-state index < -0.39 is 23.2 Å². The maximum Gasteiger partial charge on any atom is 0.194 e. The summed E-state index contributed by atoms with van der Waals surface area (Å²) in [6.45, 7) is 3.30. The van der Waals surface area contributed by atoms with Crippen molar-refractivity contribution >= 4 is 5.78 Å². The fourth-order valence-corrected chi connectivity index (χ4v) is 2.72. The molecular weight excluding hydrogens is 319 g/mol. The first-order chi connectivity index (χ1) is 11.6. The molecule has 24 heavy (non-hydrogen) atoms. The van der Waals surface area contributed by atoms with Crippen molar-refractivity contribution in [2.45, 2.75) is 6.54 Å². The SMILES string of the molecule is O=C(c1cc(F)c(F)c(F)c1)c1ccccc1CN1CCOCC1. The number of morpholine rings is 1. The van der Waals surface area contributed by atoms with E-state index >= 15 is 0 Å². The third-order valence-corrected chi connectivity index (χ3v) is 4.01. The molecule has 3 nitrogen and oxygen atoms in total. The average Bonchev–Trinajstić information content (AvgIpc) is 2.60. The highest BCUT2D eigenvalue weighted by atomic mass is 19.2. The van der Waals surface area contributed by atoms with Crippen LogP contribution in [0.3, 0.4) is 0 Å². The Morgan fingerprint density at radius 2 is 1.67 bits per heavy atom. The topological polar surface area (TPSA) is 29.5 Å². The fourth-order valence-electron chi connectivity index (χ4n) is 2.72. The molecule has 126 valence electrons. The minimum absolute atomic E-state index is 0.208. The lowest BCUT2D eigenvalue weighted by molar-refractivity contribution is 0.0341. The van der Waals surface area contributed by atoms with E-state index in [1.165, 1.54) is 0 Å². The van der Waals surface area contributed by atoms with Gasteiger partial charge in [-0.2, -0.15) is 0 Å². The molecule has 2 aromatic rings. The van der Waals surface area contributed by atoms with Crippen LogP contribution in [0.25, 0.3) is 0 Å². The molecule has 1 saturated heterocycles. The van der Waals surface area contributed by atoms with E-state index in [2.05, 4.69) is 4.90 Å². The molecule has 0 spiro atoms. The number of carbonyl (C=O) groups excluding carboxylic acids is 1. The number of ether oxygens (including phenoxy) is 1. The zero-order valence-electron chi connectivity index (χ0n) is 12.9. The van der Waals surface area contributed by atoms with Gasteiger partial charge in [-0.25, -0.2) is 13.2 Å². The van der Waals surface area contributed by atoms with Gasteiger partial charge in [0.2, 0.25) is 0 Å². The van der Waals surface area contributed by atoms with Crippen molar-refractivity contribution in [1.82, 2.24) is 4.90 Å². The van der Waals surface area contributed by atoms with Crippen molar-refractivity contribution < 1.29 is 22.7 Å². The second-order valence-electron chi connectivity index (χ2n) is 5.63. The van der Waals surface area contributed by atoms with Gasteiger partial charge in [-0.1, -0.05) is 24.3 Å². The zero-order valence-corrected chi connectivity index (χ0v) is 12.9. The van der Waals surface area contributed by atoms with Crippen LogP contribution in [0.1, 0.15) is 21.5 Å². The van der Waals surface area contributed by atoms with Crippen LogP contribution in [0.2, 0.25) is 0 Å². The third-order valence-electron chi connectivity index (χ3n) is 4.01. The summed E-state index contributed by atoms with van der Waals surface area (Å²) in [5, 5.41) is 0. The Morgan fingerprint density at radius 1 is 1.04 bits per heavy atom. The van der Waals surface area contributed by atoms with Crippen molar-refractivity contribution in [2.75, 3.05) is 26.3 Å². The zero-order chi connectivity index (χ0) is 17.1. The van der Waals surface area contributed by atoms with Gasteiger partial charge in [-0.3, -0.25) is 9.69 Å². The monoisotopic (exact) mass is 335 g/mol. The Balaban J connectivity index is 1.90. The summed E-state index contributed by atoms with van der Waals surface area (Å²) in [6.07, 6.45) is 0. The highest BCUT2D eigenvalue weighted by molar-refractivity contribution is 6.09. The van der Waals surface area contributed by atoms with Crippen molar-refractivity contribution in [3.05, 3.63) is 70.5 Å². The van der Waals surface area contributed by atoms with Crippen LogP contribution < -0.4 is 0 Å². The third kappa shape index (κ3) is 3.49. The summed E-state index contributed by atoms with van der Waals surface area (Å²) < 4.78 is 45.2. The lowest BCUT2D eigenvalue weighted by atomic mass is 9.97. The molecule has 1 heterocycles. The van der Waals surface area contributed by atoms with Crippen molar-refractivity contribution in [3.63, 3.8) is 0 Å². The number of rotatable bonds is 4. The van der Waals surface area contributed by atoms with Crippen LogP contribution in [0.4, 0.5) is 13.2 Å². The van der Waals surface area contributed by atoms with Crippen LogP contribution in [0, 0.1) is 17.5 Å². The predicted molar refractivity (Wildman–Crippen MR) is 82.3 cm³/mol. The number of carbonyl (C=O) groups is 1. The summed E-state index contributed by atoms with van der Waals surface area (Å²) in [5.74, 6) is -4.85. The van der Waals surface area contributed by atoms with Gasteiger partial charge >= 0.3 is 0 Å². The van der Waals surface area contributed by atoms with Gasteiger partial charge in [-0.05, 0) is 17.7 Å². The van der Waals surface area contributed by atoms with E-state index in [0.717, 1.165) is 30.8 Å². The van der Waals surface area contributed by atoms with Crippen LogP contribution in [0.15, 0.2) is 36.4 Å². The molecule has 0 aliphatic carbocycles. The number of hydrogen-bond acceptors (Lipinski definition) is 3. The Bertz CT molecular complexity index is 735. The molecule has 1 aliphatic heterocycles. The smallest absolute Gasteiger partial charge is 0.194 e. The van der Waals surface area contributed by atoms with E-state index in [0.29, 0.717) is 25.3 Å². The molecule has 1 aliphatic rings. The molecule has 0 aromatic heterocycles. The normalized spacial score (nSPS) is 15.5. The van der Waals surface area contributed by atoms with Gasteiger partial charge in [0.1, 0.15) is 0 Å². The first-order valence-electron chi connectivity index (χ1n) is 7.63.